The number of aromatic nitrogens is 3. The lowest BCUT2D eigenvalue weighted by molar-refractivity contribution is -0.153. The summed E-state index contributed by atoms with van der Waals surface area (Å²) in [6.45, 7) is 14.4. The summed E-state index contributed by atoms with van der Waals surface area (Å²) in [5.41, 5.74) is 3.56. The van der Waals surface area contributed by atoms with E-state index in [0.717, 1.165) is 33.2 Å². The van der Waals surface area contributed by atoms with Crippen LogP contribution in [0.1, 0.15) is 67.0 Å². The smallest absolute Gasteiger partial charge is 0.312 e. The third-order valence-corrected chi connectivity index (χ3v) is 7.54. The molecule has 6 nitrogen and oxygen atoms in total. The number of aliphatic imine (C=N–C) groups is 1. The van der Waals surface area contributed by atoms with Crippen LogP contribution in [-0.2, 0) is 9.53 Å². The molecule has 174 valence electrons. The number of carbonyl (C=O) groups excluding carboxylic acids is 1. The molecule has 0 fully saturated rings. The molecule has 2 aromatic heterocycles. The molecule has 0 amide bonds. The van der Waals surface area contributed by atoms with Crippen molar-refractivity contribution in [2.45, 2.75) is 54.5 Å². The fraction of sp³-hybridized carbons (Fsp3) is 0.440. The van der Waals surface area contributed by atoms with E-state index in [4.69, 9.17) is 21.3 Å². The lowest BCUT2D eigenvalue weighted by atomic mass is 9.76. The molecule has 0 aliphatic carbocycles. The molecule has 0 saturated heterocycles. The molecule has 33 heavy (non-hydrogen) atoms. The predicted octanol–water partition coefficient (Wildman–Crippen LogP) is 6.02. The first-order valence-corrected chi connectivity index (χ1v) is 12.3. The highest BCUT2D eigenvalue weighted by Crippen LogP contribution is 2.45. The predicted molar refractivity (Wildman–Crippen MR) is 133 cm³/mol. The quantitative estimate of drug-likeness (QED) is 0.424. The Labute approximate surface area is 203 Å². The molecule has 0 bridgehead atoms. The summed E-state index contributed by atoms with van der Waals surface area (Å²) >= 11 is 7.88. The number of rotatable bonds is 4. The van der Waals surface area contributed by atoms with Gasteiger partial charge in [0.15, 0.2) is 5.82 Å². The van der Waals surface area contributed by atoms with Gasteiger partial charge in [0.05, 0.1) is 18.2 Å². The number of aryl methyl sites for hydroxylation is 2. The minimum atomic E-state index is -0.560. The van der Waals surface area contributed by atoms with Gasteiger partial charge in [0.1, 0.15) is 16.9 Å². The highest BCUT2D eigenvalue weighted by Gasteiger charge is 2.44. The van der Waals surface area contributed by atoms with E-state index in [1.807, 2.05) is 58.9 Å². The van der Waals surface area contributed by atoms with Crippen LogP contribution in [0.4, 0.5) is 0 Å². The van der Waals surface area contributed by atoms with Crippen molar-refractivity contribution >= 4 is 34.6 Å². The molecule has 1 aliphatic heterocycles. The molecule has 1 aliphatic rings. The van der Waals surface area contributed by atoms with E-state index < -0.39 is 17.4 Å². The highest BCUT2D eigenvalue weighted by molar-refractivity contribution is 7.15. The summed E-state index contributed by atoms with van der Waals surface area (Å²) in [5.74, 6) is 0.602. The number of thiophene rings is 1. The standard InChI is InChI=1S/C25H29ClN4O2S/c1-8-32-24(31)19(25(5,6)7)21-22-29-28-15(4)30(22)23-18(13(2)14(3)33-23)20(27-21)16-9-11-17(26)12-10-16/h9-12,19,21H,8H2,1-7H3/t19-,21?/m0/s1. The zero-order chi connectivity index (χ0) is 24.1. The van der Waals surface area contributed by atoms with Crippen molar-refractivity contribution < 1.29 is 9.53 Å². The number of carbonyl (C=O) groups is 1. The topological polar surface area (TPSA) is 69.4 Å². The molecular formula is C25H29ClN4O2S. The largest absolute Gasteiger partial charge is 0.466 e. The summed E-state index contributed by atoms with van der Waals surface area (Å²) in [4.78, 5) is 19.8. The molecule has 1 aromatic carbocycles. The van der Waals surface area contributed by atoms with E-state index in [9.17, 15) is 4.79 Å². The zero-order valence-electron chi connectivity index (χ0n) is 20.1. The van der Waals surface area contributed by atoms with Gasteiger partial charge in [-0.25, -0.2) is 0 Å². The molecule has 0 spiro atoms. The Morgan fingerprint density at radius 3 is 2.45 bits per heavy atom. The molecule has 0 N–H and O–H groups in total. The lowest BCUT2D eigenvalue weighted by Crippen LogP contribution is -2.36. The number of benzene rings is 1. The number of hydrogen-bond acceptors (Lipinski definition) is 6. The van der Waals surface area contributed by atoms with Crippen molar-refractivity contribution in [2.75, 3.05) is 6.61 Å². The maximum Gasteiger partial charge on any atom is 0.312 e. The number of ether oxygens (including phenoxy) is 1. The first kappa shape index (κ1) is 23.6. The van der Waals surface area contributed by atoms with Crippen LogP contribution in [0.25, 0.3) is 5.00 Å². The summed E-state index contributed by atoms with van der Waals surface area (Å²) < 4.78 is 7.59. The van der Waals surface area contributed by atoms with Gasteiger partial charge in [-0.05, 0) is 50.8 Å². The van der Waals surface area contributed by atoms with Gasteiger partial charge in [-0.2, -0.15) is 0 Å². The summed E-state index contributed by atoms with van der Waals surface area (Å²) in [5, 5.41) is 10.6. The van der Waals surface area contributed by atoms with E-state index in [2.05, 4.69) is 28.6 Å². The van der Waals surface area contributed by atoms with E-state index in [1.165, 1.54) is 4.88 Å². The Morgan fingerprint density at radius 1 is 1.18 bits per heavy atom. The second-order valence-electron chi connectivity index (χ2n) is 9.43. The average molecular weight is 485 g/mol. The second kappa shape index (κ2) is 8.69. The summed E-state index contributed by atoms with van der Waals surface area (Å²) in [6.07, 6.45) is 0. The van der Waals surface area contributed by atoms with Gasteiger partial charge in [-0.3, -0.25) is 14.4 Å². The van der Waals surface area contributed by atoms with Crippen LogP contribution in [0, 0.1) is 32.1 Å². The number of halogens is 1. The normalized spacial score (nSPS) is 16.5. The molecule has 3 heterocycles. The van der Waals surface area contributed by atoms with Crippen LogP contribution in [0.2, 0.25) is 5.02 Å². The van der Waals surface area contributed by atoms with E-state index in [1.54, 1.807) is 11.3 Å². The molecule has 8 heteroatoms. The first-order chi connectivity index (χ1) is 15.5. The number of fused-ring (bicyclic) bond motifs is 3. The van der Waals surface area contributed by atoms with E-state index in [-0.39, 0.29) is 5.97 Å². The molecule has 0 saturated carbocycles. The number of nitrogens with zero attached hydrogens (tertiary/aromatic N) is 4. The average Bonchev–Trinajstić information content (AvgIpc) is 3.20. The Kier molecular flexibility index (Phi) is 6.22. The molecule has 3 aromatic rings. The van der Waals surface area contributed by atoms with Crippen LogP contribution < -0.4 is 0 Å². The molecular weight excluding hydrogens is 456 g/mol. The van der Waals surface area contributed by atoms with Crippen LogP contribution in [0.15, 0.2) is 29.3 Å². The first-order valence-electron chi connectivity index (χ1n) is 11.1. The van der Waals surface area contributed by atoms with Crippen molar-refractivity contribution in [1.82, 2.24) is 14.8 Å². The van der Waals surface area contributed by atoms with Crippen LogP contribution >= 0.6 is 22.9 Å². The molecule has 4 rings (SSSR count). The Balaban J connectivity index is 2.06. The maximum atomic E-state index is 13.3. The van der Waals surface area contributed by atoms with Crippen molar-refractivity contribution in [3.8, 4) is 5.00 Å². The third kappa shape index (κ3) is 4.13. The van der Waals surface area contributed by atoms with Gasteiger partial charge < -0.3 is 4.74 Å². The van der Waals surface area contributed by atoms with Crippen molar-refractivity contribution in [3.63, 3.8) is 0 Å². The number of esters is 1. The van der Waals surface area contributed by atoms with E-state index >= 15 is 0 Å². The van der Waals surface area contributed by atoms with Gasteiger partial charge in [0, 0.05) is 21.0 Å². The van der Waals surface area contributed by atoms with Gasteiger partial charge in [-0.1, -0.05) is 44.5 Å². The highest BCUT2D eigenvalue weighted by atomic mass is 35.5. The molecule has 1 unspecified atom stereocenters. The monoisotopic (exact) mass is 484 g/mol. The Hall–Kier alpha value is -2.51. The Bertz CT molecular complexity index is 1230. The van der Waals surface area contributed by atoms with Crippen molar-refractivity contribution in [1.29, 1.82) is 0 Å². The number of hydrogen-bond donors (Lipinski definition) is 0. The fourth-order valence-electron chi connectivity index (χ4n) is 4.37. The lowest BCUT2D eigenvalue weighted by Gasteiger charge is -2.32. The minimum absolute atomic E-state index is 0.278. The molecule has 2 atom stereocenters. The third-order valence-electron chi connectivity index (χ3n) is 6.10. The van der Waals surface area contributed by atoms with E-state index in [0.29, 0.717) is 17.5 Å². The van der Waals surface area contributed by atoms with Gasteiger partial charge >= 0.3 is 5.97 Å². The SMILES string of the molecule is CCOC(=O)[C@H](C1N=C(c2ccc(Cl)cc2)c2c(sc(C)c2C)-n2c(C)nnc21)C(C)(C)C. The zero-order valence-corrected chi connectivity index (χ0v) is 21.6. The van der Waals surface area contributed by atoms with Gasteiger partial charge in [-0.15, -0.1) is 21.5 Å². The fourth-order valence-corrected chi connectivity index (χ4v) is 5.71. The summed E-state index contributed by atoms with van der Waals surface area (Å²) in [6, 6.07) is 7.13. The van der Waals surface area contributed by atoms with Crippen LogP contribution in [0.5, 0.6) is 0 Å². The maximum absolute atomic E-state index is 13.3. The van der Waals surface area contributed by atoms with Crippen molar-refractivity contribution in [2.24, 2.45) is 16.3 Å². The minimum Gasteiger partial charge on any atom is -0.466 e. The summed E-state index contributed by atoms with van der Waals surface area (Å²) in [7, 11) is 0. The Morgan fingerprint density at radius 2 is 1.85 bits per heavy atom. The van der Waals surface area contributed by atoms with Gasteiger partial charge in [0.2, 0.25) is 0 Å². The second-order valence-corrected chi connectivity index (χ2v) is 11.1. The molecule has 0 radical (unpaired) electrons. The van der Waals surface area contributed by atoms with Crippen molar-refractivity contribution in [3.05, 3.63) is 62.5 Å². The van der Waals surface area contributed by atoms with Gasteiger partial charge in [0.25, 0.3) is 0 Å². The van der Waals surface area contributed by atoms with Crippen LogP contribution in [-0.4, -0.2) is 33.1 Å². The van der Waals surface area contributed by atoms with Crippen LogP contribution in [0.3, 0.4) is 0 Å².